The molecular weight excluding hydrogens is 841 g/mol. The number of benzene rings is 6. The number of hydrogen-bond acceptors (Lipinski definition) is 10. The molecule has 0 aliphatic rings. The Morgan fingerprint density at radius 3 is 1.23 bits per heavy atom. The van der Waals surface area contributed by atoms with Gasteiger partial charge in [0.1, 0.15) is 0 Å². The van der Waals surface area contributed by atoms with E-state index in [2.05, 4.69) is 24.3 Å². The summed E-state index contributed by atoms with van der Waals surface area (Å²) < 4.78 is 5.25. The van der Waals surface area contributed by atoms with Gasteiger partial charge in [-0.15, -0.1) is 0 Å². The molecule has 66 heavy (non-hydrogen) atoms. The number of ketones is 2. The molecule has 0 amide bonds. The van der Waals surface area contributed by atoms with E-state index in [0.717, 1.165) is 37.7 Å². The minimum absolute atomic E-state index is 0.109. The highest BCUT2D eigenvalue weighted by molar-refractivity contribution is 6.17. The molecule has 13 nitrogen and oxygen atoms in total. The molecule has 2 N–H and O–H groups in total. The van der Waals surface area contributed by atoms with E-state index in [1.54, 1.807) is 0 Å². The maximum Gasteiger partial charge on any atom is 0.306 e. The average molecular weight is 897 g/mol. The summed E-state index contributed by atoms with van der Waals surface area (Å²) in [6, 6.07) is 48.4. The fourth-order valence-corrected chi connectivity index (χ4v) is 6.55. The van der Waals surface area contributed by atoms with Crippen molar-refractivity contribution in [3.05, 3.63) is 222 Å². The van der Waals surface area contributed by atoms with Crippen LogP contribution in [-0.4, -0.2) is 56.8 Å². The molecule has 0 radical (unpaired) electrons. The highest BCUT2D eigenvalue weighted by Gasteiger charge is 2.28. The van der Waals surface area contributed by atoms with Gasteiger partial charge in [-0.2, -0.15) is 0 Å². The van der Waals surface area contributed by atoms with E-state index in [4.69, 9.17) is 14.9 Å². The normalized spacial score (nSPS) is 10.0. The van der Waals surface area contributed by atoms with Crippen LogP contribution in [0.25, 0.3) is 0 Å². The molecule has 0 unspecified atom stereocenters. The fourth-order valence-electron chi connectivity index (χ4n) is 6.55. The number of nitro groups is 2. The van der Waals surface area contributed by atoms with Crippen LogP contribution in [0, 0.1) is 34.1 Å². The second-order valence-electron chi connectivity index (χ2n) is 15.0. The number of nitro benzene ring substituents is 2. The molecule has 0 aromatic heterocycles. The summed E-state index contributed by atoms with van der Waals surface area (Å²) in [7, 11) is 0. The number of aliphatic hydroxyl groups excluding tert-OH is 1. The predicted octanol–water partition coefficient (Wildman–Crippen LogP) is 10.7. The molecule has 0 spiro atoms. The Hall–Kier alpha value is -7.64. The lowest BCUT2D eigenvalue weighted by Gasteiger charge is -2.08. The minimum Gasteiger partial charge on any atom is -0.481 e. The number of aliphatic carboxylic acids is 1. The van der Waals surface area contributed by atoms with Gasteiger partial charge in [-0.25, -0.2) is 0 Å². The number of rotatable bonds is 19. The predicted molar refractivity (Wildman–Crippen MR) is 254 cm³/mol. The van der Waals surface area contributed by atoms with Gasteiger partial charge in [0.25, 0.3) is 11.4 Å². The Morgan fingerprint density at radius 2 is 0.864 bits per heavy atom. The monoisotopic (exact) mass is 896 g/mol. The summed E-state index contributed by atoms with van der Waals surface area (Å²) >= 11 is 0. The zero-order valence-electron chi connectivity index (χ0n) is 37.3. The topological polar surface area (TPSA) is 204 Å². The standard InChI is InChI=1S/C18H20O2.C17H14N2O6.C9H10O2.C9H12O/c19-18(14-13-17-10-5-2-6-11-17)20-15-7-12-16-8-3-1-4-9-16;1-10-5-3-7-12(18(22)23)16(10)14(20)9-15(21)17-11(2)6-4-8-13(17)19(24)25;10-9(11)7-6-8-4-2-1-3-5-8;10-8-4-7-9-5-2-1-3-6-9/h1-6,8-11H,7,12-15H2;3-8H,9H2,1-2H3;1-5H,6-7H2,(H,10,11);1-3,5-6,10H,4,7-8H2. The number of Topliss-reactive ketones (excluding diaryl/α,β-unsaturated/α-hetero) is 2. The van der Waals surface area contributed by atoms with Crippen molar-refractivity contribution < 1.29 is 44.0 Å². The maximum atomic E-state index is 12.5. The molecule has 6 rings (SSSR count). The molecule has 0 saturated heterocycles. The van der Waals surface area contributed by atoms with Gasteiger partial charge in [0.15, 0.2) is 11.6 Å². The Labute approximate surface area is 385 Å². The summed E-state index contributed by atoms with van der Waals surface area (Å²) in [5.74, 6) is -2.34. The maximum absolute atomic E-state index is 12.5. The van der Waals surface area contributed by atoms with E-state index < -0.39 is 45.2 Å². The van der Waals surface area contributed by atoms with Crippen LogP contribution < -0.4 is 0 Å². The second-order valence-corrected chi connectivity index (χ2v) is 15.0. The lowest BCUT2D eigenvalue weighted by Crippen LogP contribution is -2.14. The van der Waals surface area contributed by atoms with Crippen molar-refractivity contribution in [1.29, 1.82) is 0 Å². The van der Waals surface area contributed by atoms with Crippen LogP contribution in [0.15, 0.2) is 158 Å². The third-order valence-corrected chi connectivity index (χ3v) is 9.89. The number of carbonyl (C=O) groups excluding carboxylic acids is 3. The number of nitrogens with zero attached hydrogens (tertiary/aromatic N) is 2. The molecule has 0 bridgehead atoms. The van der Waals surface area contributed by atoms with Gasteiger partial charge >= 0.3 is 11.9 Å². The highest BCUT2D eigenvalue weighted by atomic mass is 16.6. The molecule has 13 heteroatoms. The largest absolute Gasteiger partial charge is 0.481 e. The summed E-state index contributed by atoms with van der Waals surface area (Å²) in [5.41, 5.74) is 4.48. The van der Waals surface area contributed by atoms with Gasteiger partial charge in [0, 0.05) is 31.6 Å². The smallest absolute Gasteiger partial charge is 0.306 e. The van der Waals surface area contributed by atoms with Gasteiger partial charge < -0.3 is 14.9 Å². The zero-order chi connectivity index (χ0) is 48.1. The molecule has 0 atom stereocenters. The number of aliphatic hydroxyl groups is 1. The van der Waals surface area contributed by atoms with Crippen molar-refractivity contribution >= 4 is 34.9 Å². The molecule has 0 saturated carbocycles. The lowest BCUT2D eigenvalue weighted by molar-refractivity contribution is -0.385. The van der Waals surface area contributed by atoms with Gasteiger partial charge in [-0.05, 0) is 85.8 Å². The molecule has 0 heterocycles. The van der Waals surface area contributed by atoms with E-state index >= 15 is 0 Å². The quantitative estimate of drug-likeness (QED) is 0.0195. The van der Waals surface area contributed by atoms with Gasteiger partial charge in [-0.3, -0.25) is 39.4 Å². The van der Waals surface area contributed by atoms with Crippen molar-refractivity contribution in [3.8, 4) is 0 Å². The van der Waals surface area contributed by atoms with Gasteiger partial charge in [-0.1, -0.05) is 146 Å². The number of carboxylic acids is 1. The van der Waals surface area contributed by atoms with Crippen LogP contribution in [0.1, 0.15) is 86.2 Å². The van der Waals surface area contributed by atoms with Gasteiger partial charge in [0.2, 0.25) is 0 Å². The van der Waals surface area contributed by atoms with Crippen LogP contribution >= 0.6 is 0 Å². The first-order valence-electron chi connectivity index (χ1n) is 21.5. The molecule has 6 aromatic carbocycles. The van der Waals surface area contributed by atoms with E-state index in [1.165, 1.54) is 66.9 Å². The number of esters is 1. The first-order chi connectivity index (χ1) is 31.8. The second kappa shape index (κ2) is 29.7. The van der Waals surface area contributed by atoms with E-state index in [-0.39, 0.29) is 30.1 Å². The Balaban J connectivity index is 0.000000250. The van der Waals surface area contributed by atoms with Crippen LogP contribution in [0.3, 0.4) is 0 Å². The zero-order valence-corrected chi connectivity index (χ0v) is 37.3. The molecule has 0 aliphatic heterocycles. The molecule has 0 aliphatic carbocycles. The lowest BCUT2D eigenvalue weighted by atomic mass is 9.94. The van der Waals surface area contributed by atoms with Crippen molar-refractivity contribution in [1.82, 2.24) is 0 Å². The Bertz CT molecular complexity index is 2370. The first kappa shape index (κ1) is 52.7. The summed E-state index contributed by atoms with van der Waals surface area (Å²) in [6.45, 7) is 3.85. The summed E-state index contributed by atoms with van der Waals surface area (Å²) in [5, 5.41) is 39.1. The van der Waals surface area contributed by atoms with E-state index in [0.29, 0.717) is 30.6 Å². The van der Waals surface area contributed by atoms with Crippen molar-refractivity contribution in [2.45, 2.75) is 71.6 Å². The van der Waals surface area contributed by atoms with Crippen LogP contribution in [-0.2, 0) is 40.0 Å². The number of carbonyl (C=O) groups is 4. The van der Waals surface area contributed by atoms with Crippen molar-refractivity contribution in [2.75, 3.05) is 13.2 Å². The molecule has 6 aromatic rings. The average Bonchev–Trinajstić information content (AvgIpc) is 3.32. The van der Waals surface area contributed by atoms with Crippen molar-refractivity contribution in [3.63, 3.8) is 0 Å². The summed E-state index contributed by atoms with van der Waals surface area (Å²) in [6.07, 6.45) is 5.03. The number of hydrogen-bond donors (Lipinski definition) is 2. The van der Waals surface area contributed by atoms with Crippen molar-refractivity contribution in [2.24, 2.45) is 0 Å². The minimum atomic E-state index is -0.743. The number of aryl methyl sites for hydroxylation is 6. The Morgan fingerprint density at radius 1 is 0.500 bits per heavy atom. The number of carboxylic acid groups (broad SMARTS) is 1. The molecular formula is C53H56N2O11. The summed E-state index contributed by atoms with van der Waals surface area (Å²) in [4.78, 5) is 67.6. The molecule has 344 valence electrons. The van der Waals surface area contributed by atoms with Crippen LogP contribution in [0.5, 0.6) is 0 Å². The third kappa shape index (κ3) is 19.8. The highest BCUT2D eigenvalue weighted by Crippen LogP contribution is 2.27. The van der Waals surface area contributed by atoms with E-state index in [9.17, 15) is 39.4 Å². The van der Waals surface area contributed by atoms with Gasteiger partial charge in [0.05, 0.1) is 34.0 Å². The molecule has 0 fully saturated rings. The fraction of sp³-hybridized carbons (Fsp3) is 0.245. The third-order valence-electron chi connectivity index (χ3n) is 9.89. The first-order valence-corrected chi connectivity index (χ1v) is 21.5. The van der Waals surface area contributed by atoms with Crippen LogP contribution in [0.2, 0.25) is 0 Å². The van der Waals surface area contributed by atoms with E-state index in [1.807, 2.05) is 97.1 Å². The number of ether oxygens (including phenoxy) is 1. The SMILES string of the molecule is Cc1cccc([N+](=O)[O-])c1C(=O)CC(=O)c1c(C)cccc1[N+](=O)[O-].O=C(CCc1ccccc1)OCCCc1ccccc1.O=C(O)CCc1ccccc1.OCCCc1ccccc1. The van der Waals surface area contributed by atoms with Crippen LogP contribution in [0.4, 0.5) is 11.4 Å². The Kier molecular flexibility index (Phi) is 23.7.